The number of nitrogens with zero attached hydrogens (tertiary/aromatic N) is 1. The Hall–Kier alpha value is -0.440. The van der Waals surface area contributed by atoms with Crippen LogP contribution < -0.4 is 4.72 Å². The van der Waals surface area contributed by atoms with Gasteiger partial charge < -0.3 is 0 Å². The van der Waals surface area contributed by atoms with Gasteiger partial charge in [0.2, 0.25) is 0 Å². The molecular formula is C8H7BrN2O2S3. The first-order valence-electron chi connectivity index (χ1n) is 4.18. The highest BCUT2D eigenvalue weighted by molar-refractivity contribution is 9.11. The van der Waals surface area contributed by atoms with Crippen LogP contribution >= 0.6 is 38.6 Å². The maximum atomic E-state index is 11.9. The Kier molecular flexibility index (Phi) is 3.34. The van der Waals surface area contributed by atoms with E-state index in [2.05, 4.69) is 25.6 Å². The summed E-state index contributed by atoms with van der Waals surface area (Å²) in [4.78, 5) is 4.88. The summed E-state index contributed by atoms with van der Waals surface area (Å²) >= 11 is 5.70. The summed E-state index contributed by atoms with van der Waals surface area (Å²) in [5, 5.41) is 0.359. The molecule has 0 bridgehead atoms. The van der Waals surface area contributed by atoms with E-state index in [0.717, 1.165) is 8.66 Å². The molecule has 2 aromatic heterocycles. The number of nitrogens with one attached hydrogen (secondary N) is 1. The third kappa shape index (κ3) is 2.62. The van der Waals surface area contributed by atoms with Crippen LogP contribution in [0.15, 0.2) is 26.3 Å². The molecule has 0 spiro atoms. The molecule has 0 saturated carbocycles. The van der Waals surface area contributed by atoms with E-state index in [1.54, 1.807) is 18.3 Å². The van der Waals surface area contributed by atoms with E-state index < -0.39 is 10.0 Å². The van der Waals surface area contributed by atoms with Crippen molar-refractivity contribution in [3.8, 4) is 0 Å². The van der Waals surface area contributed by atoms with Crippen molar-refractivity contribution in [2.24, 2.45) is 0 Å². The number of rotatable bonds is 3. The molecule has 0 fully saturated rings. The fourth-order valence-corrected chi connectivity index (χ4v) is 4.66. The number of anilines is 1. The molecule has 2 rings (SSSR count). The monoisotopic (exact) mass is 338 g/mol. The first kappa shape index (κ1) is 12.0. The zero-order chi connectivity index (χ0) is 11.8. The van der Waals surface area contributed by atoms with Gasteiger partial charge in [0.15, 0.2) is 5.13 Å². The van der Waals surface area contributed by atoms with Crippen molar-refractivity contribution in [2.75, 3.05) is 4.72 Å². The van der Waals surface area contributed by atoms with Gasteiger partial charge in [-0.25, -0.2) is 13.4 Å². The lowest BCUT2D eigenvalue weighted by molar-refractivity contribution is 0.603. The van der Waals surface area contributed by atoms with Crippen LogP contribution in [0.2, 0.25) is 0 Å². The van der Waals surface area contributed by atoms with E-state index in [1.807, 2.05) is 6.92 Å². The number of aromatic nitrogens is 1. The summed E-state index contributed by atoms with van der Waals surface area (Å²) in [6.45, 7) is 1.86. The lowest BCUT2D eigenvalue weighted by Gasteiger charge is -2.01. The van der Waals surface area contributed by atoms with Gasteiger partial charge in [-0.2, -0.15) is 0 Å². The number of aryl methyl sites for hydroxylation is 1. The molecular weight excluding hydrogens is 332 g/mol. The first-order valence-corrected chi connectivity index (χ1v) is 8.09. The maximum absolute atomic E-state index is 11.9. The minimum Gasteiger partial charge on any atom is -0.254 e. The van der Waals surface area contributed by atoms with E-state index >= 15 is 0 Å². The predicted molar refractivity (Wildman–Crippen MR) is 69.7 cm³/mol. The number of thiophene rings is 1. The van der Waals surface area contributed by atoms with Gasteiger partial charge in [0.25, 0.3) is 10.0 Å². The summed E-state index contributed by atoms with van der Waals surface area (Å²) in [5.41, 5.74) is 0. The quantitative estimate of drug-likeness (QED) is 0.935. The fraction of sp³-hybridized carbons (Fsp3) is 0.125. The molecule has 0 aliphatic heterocycles. The molecule has 0 amide bonds. The minimum absolute atomic E-state index is 0.302. The normalized spacial score (nSPS) is 11.6. The Morgan fingerprint density at radius 1 is 1.38 bits per heavy atom. The van der Waals surface area contributed by atoms with Crippen molar-refractivity contribution in [2.45, 2.75) is 11.1 Å². The molecule has 86 valence electrons. The number of hydrogen-bond acceptors (Lipinski definition) is 5. The summed E-state index contributed by atoms with van der Waals surface area (Å²) in [6, 6.07) is 3.36. The SMILES string of the molecule is Cc1ccc(S(=O)(=O)Nc2ncc(Br)s2)s1. The zero-order valence-corrected chi connectivity index (χ0v) is 12.1. The van der Waals surface area contributed by atoms with Crippen molar-refractivity contribution < 1.29 is 8.42 Å². The van der Waals surface area contributed by atoms with Crippen LogP contribution in [-0.2, 0) is 10.0 Å². The van der Waals surface area contributed by atoms with Gasteiger partial charge in [0.1, 0.15) is 4.21 Å². The summed E-state index contributed by atoms with van der Waals surface area (Å²) in [7, 11) is -3.48. The molecule has 0 saturated heterocycles. The van der Waals surface area contributed by atoms with Crippen LogP contribution in [0, 0.1) is 6.92 Å². The third-order valence-corrected chi connectivity index (χ3v) is 6.03. The fourth-order valence-electron chi connectivity index (χ4n) is 1.02. The highest BCUT2D eigenvalue weighted by Gasteiger charge is 2.17. The van der Waals surface area contributed by atoms with E-state index in [-0.39, 0.29) is 0 Å². The lowest BCUT2D eigenvalue weighted by Crippen LogP contribution is -2.10. The number of thiazole rings is 1. The van der Waals surface area contributed by atoms with Crippen molar-refractivity contribution in [3.05, 3.63) is 27.0 Å². The Morgan fingerprint density at radius 3 is 2.62 bits per heavy atom. The van der Waals surface area contributed by atoms with Gasteiger partial charge in [-0.05, 0) is 35.0 Å². The van der Waals surface area contributed by atoms with Crippen LogP contribution in [0.3, 0.4) is 0 Å². The van der Waals surface area contributed by atoms with Crippen molar-refractivity contribution >= 4 is 53.8 Å². The van der Waals surface area contributed by atoms with E-state index in [0.29, 0.717) is 9.34 Å². The largest absolute Gasteiger partial charge is 0.273 e. The summed E-state index contributed by atoms with van der Waals surface area (Å²) in [5.74, 6) is 0. The molecule has 4 nitrogen and oxygen atoms in total. The van der Waals surface area contributed by atoms with Crippen LogP contribution in [0.1, 0.15) is 4.88 Å². The average molecular weight is 339 g/mol. The molecule has 0 unspecified atom stereocenters. The van der Waals surface area contributed by atoms with Gasteiger partial charge >= 0.3 is 0 Å². The molecule has 0 aromatic carbocycles. The van der Waals surface area contributed by atoms with Gasteiger partial charge in [-0.3, -0.25) is 4.72 Å². The van der Waals surface area contributed by atoms with Gasteiger partial charge in [-0.15, -0.1) is 11.3 Å². The second kappa shape index (κ2) is 4.44. The van der Waals surface area contributed by atoms with Crippen molar-refractivity contribution in [1.29, 1.82) is 0 Å². The first-order chi connectivity index (χ1) is 7.47. The second-order valence-corrected chi connectivity index (χ2v) is 8.55. The molecule has 0 aliphatic rings. The van der Waals surface area contributed by atoms with Crippen molar-refractivity contribution in [3.63, 3.8) is 0 Å². The molecule has 0 aliphatic carbocycles. The Balaban J connectivity index is 2.27. The summed E-state index contributed by atoms with van der Waals surface area (Å²) < 4.78 is 27.3. The third-order valence-electron chi connectivity index (χ3n) is 1.68. The van der Waals surface area contributed by atoms with Gasteiger partial charge in [0, 0.05) is 4.88 Å². The molecule has 2 aromatic rings. The smallest absolute Gasteiger partial charge is 0.254 e. The number of sulfonamides is 1. The summed E-state index contributed by atoms with van der Waals surface area (Å²) in [6.07, 6.45) is 1.56. The van der Waals surface area contributed by atoms with E-state index in [4.69, 9.17) is 0 Å². The van der Waals surface area contributed by atoms with E-state index in [9.17, 15) is 8.42 Å². The maximum Gasteiger partial charge on any atom is 0.273 e. The van der Waals surface area contributed by atoms with Crippen LogP contribution in [-0.4, -0.2) is 13.4 Å². The standard InChI is InChI=1S/C8H7BrN2O2S3/c1-5-2-3-7(14-5)16(12,13)11-8-10-4-6(9)15-8/h2-4H,1H3,(H,10,11). The molecule has 1 N–H and O–H groups in total. The molecule has 16 heavy (non-hydrogen) atoms. The minimum atomic E-state index is -3.48. The highest BCUT2D eigenvalue weighted by Crippen LogP contribution is 2.27. The molecule has 0 radical (unpaired) electrons. The number of halogens is 1. The topological polar surface area (TPSA) is 59.1 Å². The van der Waals surface area contributed by atoms with Crippen LogP contribution in [0.25, 0.3) is 0 Å². The molecule has 0 atom stereocenters. The van der Waals surface area contributed by atoms with Crippen LogP contribution in [0.4, 0.5) is 5.13 Å². The average Bonchev–Trinajstić information content (AvgIpc) is 2.75. The van der Waals surface area contributed by atoms with E-state index in [1.165, 1.54) is 22.7 Å². The highest BCUT2D eigenvalue weighted by atomic mass is 79.9. The second-order valence-electron chi connectivity index (χ2n) is 2.94. The molecule has 2 heterocycles. The number of hydrogen-bond donors (Lipinski definition) is 1. The Labute approximate surface area is 110 Å². The predicted octanol–water partition coefficient (Wildman–Crippen LogP) is 3.08. The van der Waals surface area contributed by atoms with Crippen LogP contribution in [0.5, 0.6) is 0 Å². The lowest BCUT2D eigenvalue weighted by atomic mass is 10.5. The molecule has 8 heteroatoms. The van der Waals surface area contributed by atoms with Gasteiger partial charge in [-0.1, -0.05) is 11.3 Å². The Bertz CT molecular complexity index is 602. The van der Waals surface area contributed by atoms with Crippen molar-refractivity contribution in [1.82, 2.24) is 4.98 Å². The Morgan fingerprint density at radius 2 is 2.12 bits per heavy atom. The van der Waals surface area contributed by atoms with Gasteiger partial charge in [0.05, 0.1) is 9.98 Å². The zero-order valence-electron chi connectivity index (χ0n) is 8.10.